The molecule has 0 aromatic heterocycles. The second-order valence-electron chi connectivity index (χ2n) is 10.8. The minimum absolute atomic E-state index is 0.115. The highest BCUT2D eigenvalue weighted by Gasteiger charge is 2.74. The van der Waals surface area contributed by atoms with Crippen molar-refractivity contribution in [2.24, 2.45) is 16.7 Å². The molecule has 2 aliphatic carbocycles. The Bertz CT molecular complexity index is 921. The second-order valence-corrected chi connectivity index (χ2v) is 10.8. The van der Waals surface area contributed by atoms with Gasteiger partial charge in [-0.3, -0.25) is 4.79 Å². The summed E-state index contributed by atoms with van der Waals surface area (Å²) in [5, 5.41) is 10.4. The Morgan fingerprint density at radius 2 is 1.39 bits per heavy atom. The fraction of sp³-hybridized carbons (Fsp3) is 0.696. The van der Waals surface area contributed by atoms with Crippen LogP contribution in [0.5, 0.6) is 0 Å². The summed E-state index contributed by atoms with van der Waals surface area (Å²) in [6, 6.07) is 0. The van der Waals surface area contributed by atoms with E-state index in [2.05, 4.69) is 0 Å². The van der Waals surface area contributed by atoms with E-state index < -0.39 is 68.1 Å². The third kappa shape index (κ3) is 2.82. The number of carbonyl (C=O) groups is 1. The molecule has 2 aliphatic rings. The van der Waals surface area contributed by atoms with E-state index in [9.17, 15) is 23.1 Å². The van der Waals surface area contributed by atoms with Crippen molar-refractivity contribution >= 4 is 5.97 Å². The molecule has 0 aliphatic heterocycles. The topological polar surface area (TPSA) is 46.5 Å². The first-order valence-corrected chi connectivity index (χ1v) is 10.3. The van der Waals surface area contributed by atoms with Gasteiger partial charge >= 0.3 is 5.97 Å². The normalized spacial score (nSPS) is 30.0. The van der Waals surface area contributed by atoms with E-state index >= 15 is 8.78 Å². The number of carbonyl (C=O) groups excluding carboxylic acids is 1. The van der Waals surface area contributed by atoms with Crippen molar-refractivity contribution in [1.82, 2.24) is 0 Å². The fourth-order valence-corrected chi connectivity index (χ4v) is 5.52. The monoisotopic (exact) mass is 448 g/mol. The Kier molecular flexibility index (Phi) is 5.14. The van der Waals surface area contributed by atoms with Gasteiger partial charge in [-0.05, 0) is 63.7 Å². The summed E-state index contributed by atoms with van der Waals surface area (Å²) < 4.78 is 78.0. The Hall–Kier alpha value is -1.70. The number of halogens is 5. The third-order valence-electron chi connectivity index (χ3n) is 8.74. The minimum Gasteiger partial charge on any atom is -0.456 e. The molecule has 0 radical (unpaired) electrons. The SMILES string of the molecule is CC(C)(O)C(C)(C)OC(=O)[C@@]1(c2c(F)c(F)c(F)c(F)c2F)C[C@@H]2CC[C@@]1(C)C2(C)C. The van der Waals surface area contributed by atoms with Crippen LogP contribution in [0.4, 0.5) is 22.0 Å². The lowest BCUT2D eigenvalue weighted by molar-refractivity contribution is -0.193. The van der Waals surface area contributed by atoms with Crippen LogP contribution in [0.2, 0.25) is 0 Å². The lowest BCUT2D eigenvalue weighted by atomic mass is 9.55. The van der Waals surface area contributed by atoms with E-state index in [4.69, 9.17) is 4.74 Å². The van der Waals surface area contributed by atoms with Crippen LogP contribution < -0.4 is 0 Å². The summed E-state index contributed by atoms with van der Waals surface area (Å²) in [6.45, 7) is 11.0. The molecule has 0 heterocycles. The molecule has 0 saturated heterocycles. The zero-order chi connectivity index (χ0) is 23.9. The molecule has 0 amide bonds. The van der Waals surface area contributed by atoms with Gasteiger partial charge < -0.3 is 9.84 Å². The number of fused-ring (bicyclic) bond motifs is 2. The number of esters is 1. The van der Waals surface area contributed by atoms with Crippen LogP contribution >= 0.6 is 0 Å². The van der Waals surface area contributed by atoms with Gasteiger partial charge in [0.15, 0.2) is 23.3 Å². The van der Waals surface area contributed by atoms with E-state index in [1.165, 1.54) is 27.7 Å². The highest BCUT2D eigenvalue weighted by atomic mass is 19.2. The van der Waals surface area contributed by atoms with Crippen LogP contribution in [-0.4, -0.2) is 22.3 Å². The molecule has 2 fully saturated rings. The van der Waals surface area contributed by atoms with Gasteiger partial charge in [-0.25, -0.2) is 22.0 Å². The minimum atomic E-state index is -2.27. The summed E-state index contributed by atoms with van der Waals surface area (Å²) in [5.41, 5.74) is -8.05. The quantitative estimate of drug-likeness (QED) is 0.284. The number of ether oxygens (including phenoxy) is 1. The van der Waals surface area contributed by atoms with Crippen molar-refractivity contribution in [1.29, 1.82) is 0 Å². The molecule has 3 nitrogen and oxygen atoms in total. The number of hydrogen-bond donors (Lipinski definition) is 1. The van der Waals surface area contributed by atoms with Crippen molar-refractivity contribution in [3.8, 4) is 0 Å². The van der Waals surface area contributed by atoms with E-state index in [0.717, 1.165) is 0 Å². The van der Waals surface area contributed by atoms with Crippen molar-refractivity contribution < 1.29 is 36.6 Å². The number of hydrogen-bond acceptors (Lipinski definition) is 3. The van der Waals surface area contributed by atoms with Crippen LogP contribution in [-0.2, 0) is 14.9 Å². The highest BCUT2D eigenvalue weighted by Crippen LogP contribution is 2.74. The first-order valence-electron chi connectivity index (χ1n) is 10.3. The maximum atomic E-state index is 15.1. The Morgan fingerprint density at radius 1 is 0.935 bits per heavy atom. The first-order chi connectivity index (χ1) is 13.9. The molecule has 0 unspecified atom stereocenters. The van der Waals surface area contributed by atoms with Gasteiger partial charge in [-0.15, -0.1) is 0 Å². The first kappa shape index (κ1) is 24.0. The molecule has 2 saturated carbocycles. The van der Waals surface area contributed by atoms with E-state index in [0.29, 0.717) is 12.8 Å². The average Bonchev–Trinajstić information content (AvgIpc) is 2.96. The highest BCUT2D eigenvalue weighted by molar-refractivity contribution is 5.86. The molecule has 1 aromatic carbocycles. The van der Waals surface area contributed by atoms with Gasteiger partial charge in [0.25, 0.3) is 0 Å². The van der Waals surface area contributed by atoms with Crippen molar-refractivity contribution in [2.45, 2.75) is 84.3 Å². The molecule has 3 atom stereocenters. The van der Waals surface area contributed by atoms with Crippen LogP contribution in [0.1, 0.15) is 73.3 Å². The largest absolute Gasteiger partial charge is 0.456 e. The number of rotatable bonds is 4. The van der Waals surface area contributed by atoms with Gasteiger partial charge in [-0.2, -0.15) is 0 Å². The van der Waals surface area contributed by atoms with E-state index in [-0.39, 0.29) is 12.3 Å². The van der Waals surface area contributed by atoms with Crippen LogP contribution in [0.3, 0.4) is 0 Å². The molecule has 8 heteroatoms. The summed E-state index contributed by atoms with van der Waals surface area (Å²) >= 11 is 0. The molecule has 174 valence electrons. The summed E-state index contributed by atoms with van der Waals surface area (Å²) in [5.74, 6) is -11.8. The number of aliphatic hydroxyl groups is 1. The predicted molar refractivity (Wildman–Crippen MR) is 104 cm³/mol. The van der Waals surface area contributed by atoms with Gasteiger partial charge in [0, 0.05) is 5.56 Å². The van der Waals surface area contributed by atoms with E-state index in [1.807, 2.05) is 13.8 Å². The van der Waals surface area contributed by atoms with Crippen molar-refractivity contribution in [3.63, 3.8) is 0 Å². The fourth-order valence-electron chi connectivity index (χ4n) is 5.52. The summed E-state index contributed by atoms with van der Waals surface area (Å²) in [4.78, 5) is 13.7. The van der Waals surface area contributed by atoms with Gasteiger partial charge in [-0.1, -0.05) is 20.8 Å². The molecule has 1 N–H and O–H groups in total. The maximum Gasteiger partial charge on any atom is 0.318 e. The zero-order valence-corrected chi connectivity index (χ0v) is 18.9. The zero-order valence-electron chi connectivity index (χ0n) is 18.9. The Labute approximate surface area is 179 Å². The van der Waals surface area contributed by atoms with Crippen LogP contribution in [0.15, 0.2) is 0 Å². The lowest BCUT2D eigenvalue weighted by Gasteiger charge is -2.49. The smallest absolute Gasteiger partial charge is 0.318 e. The van der Waals surface area contributed by atoms with Crippen LogP contribution in [0, 0.1) is 45.8 Å². The summed E-state index contributed by atoms with van der Waals surface area (Å²) in [6.07, 6.45) is 0.890. The standard InChI is InChI=1S/C23H29F5O3/c1-19(2)11-8-9-22(19,7)23(10-11,18(29)31-21(5,6)20(3,4)30)12-13(24)15(26)17(28)16(27)14(12)25/h11,30H,8-10H2,1-7H3/t11-,22-,23-/m0/s1. The Morgan fingerprint density at radius 3 is 1.74 bits per heavy atom. The van der Waals surface area contributed by atoms with Crippen molar-refractivity contribution in [2.75, 3.05) is 0 Å². The third-order valence-corrected chi connectivity index (χ3v) is 8.74. The average molecular weight is 448 g/mol. The van der Waals surface area contributed by atoms with Crippen molar-refractivity contribution in [3.05, 3.63) is 34.6 Å². The molecular formula is C23H29F5O3. The lowest BCUT2D eigenvalue weighted by Crippen LogP contribution is -2.57. The Balaban J connectivity index is 2.35. The molecule has 31 heavy (non-hydrogen) atoms. The molecule has 2 bridgehead atoms. The molecular weight excluding hydrogens is 419 g/mol. The van der Waals surface area contributed by atoms with Gasteiger partial charge in [0.2, 0.25) is 5.82 Å². The summed E-state index contributed by atoms with van der Waals surface area (Å²) in [7, 11) is 0. The van der Waals surface area contributed by atoms with E-state index in [1.54, 1.807) is 6.92 Å². The van der Waals surface area contributed by atoms with Gasteiger partial charge in [0.1, 0.15) is 11.0 Å². The van der Waals surface area contributed by atoms with Gasteiger partial charge in [0.05, 0.1) is 5.60 Å². The molecule has 3 rings (SSSR count). The predicted octanol–water partition coefficient (Wildman–Crippen LogP) is 5.56. The van der Waals surface area contributed by atoms with Crippen LogP contribution in [0.25, 0.3) is 0 Å². The number of benzene rings is 1. The molecule has 0 spiro atoms. The maximum absolute atomic E-state index is 15.1. The second kappa shape index (κ2) is 6.65. The molecule has 1 aromatic rings.